The van der Waals surface area contributed by atoms with E-state index < -0.39 is 13.9 Å². The first-order valence-electron chi connectivity index (χ1n) is 23.4. The molecule has 0 aromatic heterocycles. The minimum atomic E-state index is -4.52. The van der Waals surface area contributed by atoms with E-state index in [9.17, 15) is 14.3 Å². The Hall–Kier alpha value is -1.54. The van der Waals surface area contributed by atoms with Crippen LogP contribution in [0.15, 0.2) is 48.6 Å². The van der Waals surface area contributed by atoms with E-state index in [2.05, 4.69) is 62.5 Å². The molecule has 0 bridgehead atoms. The summed E-state index contributed by atoms with van der Waals surface area (Å²) in [6, 6.07) is 0. The summed E-state index contributed by atoms with van der Waals surface area (Å²) in [7, 11) is 1.36. The molecule has 0 aromatic rings. The molecule has 0 saturated heterocycles. The van der Waals surface area contributed by atoms with E-state index in [4.69, 9.17) is 18.5 Å². The molecule has 0 aromatic carbocycles. The van der Waals surface area contributed by atoms with Gasteiger partial charge in [-0.3, -0.25) is 9.36 Å². The first-order chi connectivity index (χ1) is 27.6. The zero-order valence-electron chi connectivity index (χ0n) is 37.8. The number of esters is 1. The van der Waals surface area contributed by atoms with Gasteiger partial charge in [0.1, 0.15) is 19.3 Å². The number of rotatable bonds is 43. The van der Waals surface area contributed by atoms with Crippen molar-refractivity contribution >= 4 is 13.8 Å². The second-order valence-corrected chi connectivity index (χ2v) is 18.2. The zero-order chi connectivity index (χ0) is 42.0. The van der Waals surface area contributed by atoms with E-state index in [0.717, 1.165) is 57.8 Å². The molecule has 0 radical (unpaired) electrons. The average Bonchev–Trinajstić information content (AvgIpc) is 3.16. The van der Waals surface area contributed by atoms with Crippen molar-refractivity contribution in [2.45, 2.75) is 200 Å². The molecule has 0 heterocycles. The van der Waals surface area contributed by atoms with Gasteiger partial charge < -0.3 is 27.9 Å². The van der Waals surface area contributed by atoms with Crippen molar-refractivity contribution in [3.8, 4) is 0 Å². The van der Waals surface area contributed by atoms with E-state index in [1.165, 1.54) is 116 Å². The van der Waals surface area contributed by atoms with Crippen LogP contribution in [0.4, 0.5) is 0 Å². The van der Waals surface area contributed by atoms with Gasteiger partial charge in [-0.25, -0.2) is 0 Å². The molecular weight excluding hydrogens is 734 g/mol. The Morgan fingerprint density at radius 1 is 0.561 bits per heavy atom. The predicted molar refractivity (Wildman–Crippen MR) is 240 cm³/mol. The summed E-state index contributed by atoms with van der Waals surface area (Å²) in [5.41, 5.74) is 0. The van der Waals surface area contributed by atoms with E-state index in [0.29, 0.717) is 24.1 Å². The molecule has 8 nitrogen and oxygen atoms in total. The van der Waals surface area contributed by atoms with Gasteiger partial charge in [-0.1, -0.05) is 184 Å². The molecule has 0 amide bonds. The normalized spacial score (nSPS) is 14.1. The van der Waals surface area contributed by atoms with Crippen LogP contribution in [0.3, 0.4) is 0 Å². The molecule has 0 aliphatic carbocycles. The van der Waals surface area contributed by atoms with Gasteiger partial charge in [0, 0.05) is 13.0 Å². The third-order valence-electron chi connectivity index (χ3n) is 9.89. The van der Waals surface area contributed by atoms with Crippen LogP contribution in [0.2, 0.25) is 0 Å². The van der Waals surface area contributed by atoms with Crippen LogP contribution >= 0.6 is 7.82 Å². The maximum atomic E-state index is 12.6. The van der Waals surface area contributed by atoms with Gasteiger partial charge in [0.15, 0.2) is 0 Å². The van der Waals surface area contributed by atoms with Crippen LogP contribution in [0.5, 0.6) is 0 Å². The number of quaternary nitrogens is 1. The summed E-state index contributed by atoms with van der Waals surface area (Å²) in [5, 5.41) is 0. The molecule has 0 saturated carbocycles. The van der Waals surface area contributed by atoms with Gasteiger partial charge in [0.25, 0.3) is 7.82 Å². The Kier molecular flexibility index (Phi) is 40.1. The summed E-state index contributed by atoms with van der Waals surface area (Å²) in [6.45, 7) is 5.30. The van der Waals surface area contributed by atoms with Gasteiger partial charge >= 0.3 is 5.97 Å². The number of phosphoric acid groups is 1. The first kappa shape index (κ1) is 55.5. The van der Waals surface area contributed by atoms with Crippen molar-refractivity contribution in [1.82, 2.24) is 0 Å². The molecule has 0 spiro atoms. The lowest BCUT2D eigenvalue weighted by atomic mass is 10.1. The first-order valence-corrected chi connectivity index (χ1v) is 24.8. The van der Waals surface area contributed by atoms with Gasteiger partial charge in [0.05, 0.1) is 34.4 Å². The summed E-state index contributed by atoms with van der Waals surface area (Å²) in [5.74, 6) is -0.336. The van der Waals surface area contributed by atoms with E-state index in [-0.39, 0.29) is 25.8 Å². The number of carbonyl (C=O) groups is 1. The zero-order valence-corrected chi connectivity index (χ0v) is 38.7. The molecule has 2 unspecified atom stereocenters. The standard InChI is InChI=1S/C48H90NO7P/c1-6-8-10-12-14-16-18-19-20-21-22-23-24-25-26-27-28-29-30-32-34-36-38-40-43-53-45-47(46-55-57(51,52)54-44-42-49(3,4)5)56-48(50)41-39-37-35-33-31-17-15-13-11-9-7-2/h8,10,14,16,19-20,22-23,47H,6-7,9,11-13,15,17-18,21,24-46H2,1-5H3/b10-8-,16-14-,20-19-,23-22-. The molecule has 0 N–H and O–H groups in total. The number of nitrogens with zero attached hydrogens (tertiary/aromatic N) is 1. The monoisotopic (exact) mass is 824 g/mol. The number of likely N-dealkylation sites (N-methyl/N-ethyl adjacent to an activating group) is 1. The summed E-state index contributed by atoms with van der Waals surface area (Å²) >= 11 is 0. The molecule has 0 rings (SSSR count). The largest absolute Gasteiger partial charge is 0.756 e. The Balaban J connectivity index is 4.09. The molecule has 0 aliphatic rings. The van der Waals surface area contributed by atoms with Crippen molar-refractivity contribution in [3.63, 3.8) is 0 Å². The number of hydrogen-bond acceptors (Lipinski definition) is 7. The van der Waals surface area contributed by atoms with Crippen LogP contribution < -0.4 is 4.89 Å². The van der Waals surface area contributed by atoms with Crippen LogP contribution in [0.1, 0.15) is 194 Å². The highest BCUT2D eigenvalue weighted by molar-refractivity contribution is 7.45. The molecule has 0 fully saturated rings. The molecule has 57 heavy (non-hydrogen) atoms. The van der Waals surface area contributed by atoms with Gasteiger partial charge in [-0.15, -0.1) is 0 Å². The maximum Gasteiger partial charge on any atom is 0.306 e. The highest BCUT2D eigenvalue weighted by Crippen LogP contribution is 2.38. The molecule has 2 atom stereocenters. The Labute approximate surface area is 352 Å². The SMILES string of the molecule is CC/C=C\C/C=C\C/C=C\C/C=C\CCCCCCCCCCCCCOCC(COP(=O)([O-])OCC[N+](C)(C)C)OC(=O)CCCCCCCCCCCCC. The van der Waals surface area contributed by atoms with E-state index in [1.54, 1.807) is 0 Å². The quantitative estimate of drug-likeness (QED) is 0.0199. The number of phosphoric ester groups is 1. The Morgan fingerprint density at radius 3 is 1.53 bits per heavy atom. The fourth-order valence-electron chi connectivity index (χ4n) is 6.30. The smallest absolute Gasteiger partial charge is 0.306 e. The topological polar surface area (TPSA) is 94.1 Å². The lowest BCUT2D eigenvalue weighted by Crippen LogP contribution is -2.37. The van der Waals surface area contributed by atoms with Crippen LogP contribution in [-0.2, 0) is 27.9 Å². The lowest BCUT2D eigenvalue weighted by Gasteiger charge is -2.28. The summed E-state index contributed by atoms with van der Waals surface area (Å²) in [4.78, 5) is 25.0. The van der Waals surface area contributed by atoms with Crippen LogP contribution in [0, 0.1) is 0 Å². The van der Waals surface area contributed by atoms with E-state index in [1.807, 2.05) is 21.1 Å². The van der Waals surface area contributed by atoms with E-state index >= 15 is 0 Å². The second-order valence-electron chi connectivity index (χ2n) is 16.7. The van der Waals surface area contributed by atoms with Gasteiger partial charge in [-0.05, 0) is 51.4 Å². The molecule has 334 valence electrons. The number of hydrogen-bond donors (Lipinski definition) is 0. The highest BCUT2D eigenvalue weighted by Gasteiger charge is 2.20. The van der Waals surface area contributed by atoms with Crippen molar-refractivity contribution in [1.29, 1.82) is 0 Å². The predicted octanol–water partition coefficient (Wildman–Crippen LogP) is 13.3. The third-order valence-corrected chi connectivity index (χ3v) is 10.9. The third kappa shape index (κ3) is 45.4. The van der Waals surface area contributed by atoms with Crippen molar-refractivity contribution in [2.75, 3.05) is 54.1 Å². The summed E-state index contributed by atoms with van der Waals surface area (Å²) < 4.78 is 34.6. The summed E-state index contributed by atoms with van der Waals surface area (Å²) in [6.07, 6.45) is 49.9. The Bertz CT molecular complexity index is 1050. The average molecular weight is 824 g/mol. The minimum absolute atomic E-state index is 0.0256. The molecular formula is C48H90NO7P. The molecule has 9 heteroatoms. The number of carbonyl (C=O) groups excluding carboxylic acids is 1. The van der Waals surface area contributed by atoms with Gasteiger partial charge in [-0.2, -0.15) is 0 Å². The highest BCUT2D eigenvalue weighted by atomic mass is 31.2. The fraction of sp³-hybridized carbons (Fsp3) is 0.812. The number of unbranched alkanes of at least 4 members (excludes halogenated alkanes) is 21. The van der Waals surface area contributed by atoms with Gasteiger partial charge in [0.2, 0.25) is 0 Å². The maximum absolute atomic E-state index is 12.6. The number of ether oxygens (including phenoxy) is 2. The van der Waals surface area contributed by atoms with Crippen molar-refractivity contribution in [2.24, 2.45) is 0 Å². The minimum Gasteiger partial charge on any atom is -0.756 e. The second kappa shape index (κ2) is 41.2. The van der Waals surface area contributed by atoms with Crippen LogP contribution in [0.25, 0.3) is 0 Å². The Morgan fingerprint density at radius 2 is 1.02 bits per heavy atom. The molecule has 0 aliphatic heterocycles. The lowest BCUT2D eigenvalue weighted by molar-refractivity contribution is -0.870. The fourth-order valence-corrected chi connectivity index (χ4v) is 7.03. The number of allylic oxidation sites excluding steroid dienone is 8. The van der Waals surface area contributed by atoms with Crippen molar-refractivity contribution in [3.05, 3.63) is 48.6 Å². The van der Waals surface area contributed by atoms with Crippen LogP contribution in [-0.4, -0.2) is 70.7 Å². The van der Waals surface area contributed by atoms with Crippen molar-refractivity contribution < 1.29 is 37.3 Å².